The summed E-state index contributed by atoms with van der Waals surface area (Å²) < 4.78 is 29.3. The molecule has 0 aromatic heterocycles. The van der Waals surface area contributed by atoms with Crippen LogP contribution in [0.25, 0.3) is 0 Å². The predicted molar refractivity (Wildman–Crippen MR) is 127 cm³/mol. The highest BCUT2D eigenvalue weighted by molar-refractivity contribution is 7.86. The lowest BCUT2D eigenvalue weighted by atomic mass is 10.0. The number of imide groups is 1. The monoisotopic (exact) mass is 490 g/mol. The minimum absolute atomic E-state index is 0.0861. The van der Waals surface area contributed by atoms with E-state index in [9.17, 15) is 22.8 Å². The van der Waals surface area contributed by atoms with E-state index in [0.29, 0.717) is 30.6 Å². The van der Waals surface area contributed by atoms with Crippen molar-refractivity contribution in [3.05, 3.63) is 35.4 Å². The molecule has 0 aliphatic carbocycles. The van der Waals surface area contributed by atoms with Crippen LogP contribution in [0.1, 0.15) is 66.7 Å². The predicted octanol–water partition coefficient (Wildman–Crippen LogP) is 1.96. The van der Waals surface area contributed by atoms with Crippen LogP contribution < -0.4 is 0 Å². The normalized spacial score (nSPS) is 21.6. The Morgan fingerprint density at radius 1 is 0.824 bits per heavy atom. The highest BCUT2D eigenvalue weighted by Gasteiger charge is 2.44. The molecule has 3 aliphatic rings. The van der Waals surface area contributed by atoms with Crippen molar-refractivity contribution in [1.82, 2.24) is 18.4 Å². The van der Waals surface area contributed by atoms with Crippen LogP contribution in [-0.4, -0.2) is 89.9 Å². The van der Waals surface area contributed by atoms with Crippen LogP contribution in [0.2, 0.25) is 0 Å². The maximum absolute atomic E-state index is 13.6. The molecule has 0 saturated carbocycles. The van der Waals surface area contributed by atoms with Gasteiger partial charge in [-0.25, -0.2) is 0 Å². The van der Waals surface area contributed by atoms with E-state index < -0.39 is 28.1 Å². The van der Waals surface area contributed by atoms with Gasteiger partial charge in [0.1, 0.15) is 6.04 Å². The summed E-state index contributed by atoms with van der Waals surface area (Å²) in [5, 5.41) is 0. The quantitative estimate of drug-likeness (QED) is 0.568. The Hall–Kier alpha value is -2.30. The van der Waals surface area contributed by atoms with Gasteiger partial charge in [0, 0.05) is 39.3 Å². The molecular weight excluding hydrogens is 456 g/mol. The molecule has 1 aromatic rings. The summed E-state index contributed by atoms with van der Waals surface area (Å²) in [6.07, 6.45) is 4.19. The van der Waals surface area contributed by atoms with E-state index in [1.54, 1.807) is 33.5 Å². The van der Waals surface area contributed by atoms with Gasteiger partial charge >= 0.3 is 0 Å². The molecule has 0 radical (unpaired) electrons. The fourth-order valence-corrected chi connectivity index (χ4v) is 6.71. The Morgan fingerprint density at radius 3 is 1.82 bits per heavy atom. The summed E-state index contributed by atoms with van der Waals surface area (Å²) >= 11 is 0. The van der Waals surface area contributed by atoms with E-state index in [1.807, 2.05) is 13.8 Å². The fraction of sp³-hybridized carbons (Fsp3) is 0.625. The molecule has 9 nitrogen and oxygen atoms in total. The van der Waals surface area contributed by atoms with Crippen molar-refractivity contribution in [3.8, 4) is 0 Å². The largest absolute Gasteiger partial charge is 0.338 e. The molecule has 3 heterocycles. The van der Waals surface area contributed by atoms with Crippen LogP contribution in [0.3, 0.4) is 0 Å². The molecule has 186 valence electrons. The number of hydrogen-bond acceptors (Lipinski definition) is 5. The van der Waals surface area contributed by atoms with E-state index in [4.69, 9.17) is 0 Å². The number of piperazine rings is 1. The van der Waals surface area contributed by atoms with Gasteiger partial charge in [0.25, 0.3) is 22.0 Å². The van der Waals surface area contributed by atoms with Crippen molar-refractivity contribution < 1.29 is 22.8 Å². The van der Waals surface area contributed by atoms with Crippen molar-refractivity contribution >= 4 is 27.9 Å². The minimum Gasteiger partial charge on any atom is -0.338 e. The zero-order valence-electron chi connectivity index (χ0n) is 20.0. The second-order valence-corrected chi connectivity index (χ2v) is 11.6. The molecule has 4 rings (SSSR count). The van der Waals surface area contributed by atoms with Crippen molar-refractivity contribution in [3.63, 3.8) is 0 Å². The maximum atomic E-state index is 13.6. The summed E-state index contributed by atoms with van der Waals surface area (Å²) in [5.74, 6) is -1.10. The lowest BCUT2D eigenvalue weighted by Gasteiger charge is -2.39. The Bertz CT molecular complexity index is 1010. The standard InChI is InChI=1S/C24H34N4O5S/c1-18(2)17-21(28-22(29)19-9-5-6-10-20(19)23(28)30)24(31)25-13-15-27(16-14-25)34(32,33)26-11-7-3-4-8-12-26/h5-6,9-10,18,21H,3-4,7-8,11-17H2,1-2H3. The lowest BCUT2D eigenvalue weighted by molar-refractivity contribution is -0.137. The minimum atomic E-state index is -3.56. The first kappa shape index (κ1) is 24.8. The van der Waals surface area contributed by atoms with Crippen LogP contribution in [0.4, 0.5) is 0 Å². The van der Waals surface area contributed by atoms with Crippen molar-refractivity contribution in [2.75, 3.05) is 39.3 Å². The topological polar surface area (TPSA) is 98.3 Å². The first-order valence-corrected chi connectivity index (χ1v) is 13.6. The van der Waals surface area contributed by atoms with Gasteiger partial charge in [-0.1, -0.05) is 38.8 Å². The first-order chi connectivity index (χ1) is 16.2. The van der Waals surface area contributed by atoms with Crippen LogP contribution in [-0.2, 0) is 15.0 Å². The van der Waals surface area contributed by atoms with E-state index >= 15 is 0 Å². The third kappa shape index (κ3) is 4.76. The number of carbonyl (C=O) groups excluding carboxylic acids is 3. The van der Waals surface area contributed by atoms with Gasteiger partial charge in [-0.2, -0.15) is 17.0 Å². The zero-order valence-corrected chi connectivity index (χ0v) is 20.8. The SMILES string of the molecule is CC(C)CC(C(=O)N1CCN(S(=O)(=O)N2CCCCCC2)CC1)N1C(=O)c2ccccc2C1=O. The second-order valence-electron chi connectivity index (χ2n) is 9.72. The van der Waals surface area contributed by atoms with Crippen LogP contribution >= 0.6 is 0 Å². The second kappa shape index (κ2) is 10.1. The van der Waals surface area contributed by atoms with Gasteiger partial charge in [0.05, 0.1) is 11.1 Å². The summed E-state index contributed by atoms with van der Waals surface area (Å²) in [4.78, 5) is 42.4. The number of hydrogen-bond donors (Lipinski definition) is 0. The van der Waals surface area contributed by atoms with Gasteiger partial charge in [-0.05, 0) is 37.3 Å². The maximum Gasteiger partial charge on any atom is 0.282 e. The molecule has 0 N–H and O–H groups in total. The van der Waals surface area contributed by atoms with Crippen molar-refractivity contribution in [1.29, 1.82) is 0 Å². The number of fused-ring (bicyclic) bond motifs is 1. The Morgan fingerprint density at radius 2 is 1.32 bits per heavy atom. The molecule has 2 fully saturated rings. The third-order valence-corrected chi connectivity index (χ3v) is 8.92. The number of carbonyl (C=O) groups is 3. The molecule has 1 unspecified atom stereocenters. The highest BCUT2D eigenvalue weighted by atomic mass is 32.2. The average molecular weight is 491 g/mol. The van der Waals surface area contributed by atoms with Gasteiger partial charge in [0.15, 0.2) is 0 Å². The average Bonchev–Trinajstić information content (AvgIpc) is 3.00. The molecular formula is C24H34N4O5S. The summed E-state index contributed by atoms with van der Waals surface area (Å²) in [5.41, 5.74) is 0.643. The summed E-state index contributed by atoms with van der Waals surface area (Å²) in [6.45, 7) is 5.87. The Labute approximate surface area is 201 Å². The first-order valence-electron chi connectivity index (χ1n) is 12.2. The molecule has 3 aliphatic heterocycles. The van der Waals surface area contributed by atoms with Gasteiger partial charge in [0.2, 0.25) is 5.91 Å². The molecule has 3 amide bonds. The summed E-state index contributed by atoms with van der Waals surface area (Å²) in [6, 6.07) is 5.73. The fourth-order valence-electron chi connectivity index (χ4n) is 5.04. The van der Waals surface area contributed by atoms with E-state index in [2.05, 4.69) is 0 Å². The molecule has 1 aromatic carbocycles. The van der Waals surface area contributed by atoms with E-state index in [1.165, 1.54) is 4.31 Å². The third-order valence-electron chi connectivity index (χ3n) is 6.88. The van der Waals surface area contributed by atoms with E-state index in [-0.39, 0.29) is 38.0 Å². The van der Waals surface area contributed by atoms with Gasteiger partial charge in [-0.15, -0.1) is 0 Å². The Balaban J connectivity index is 1.47. The molecule has 0 spiro atoms. The van der Waals surface area contributed by atoms with Crippen LogP contribution in [0.5, 0.6) is 0 Å². The highest BCUT2D eigenvalue weighted by Crippen LogP contribution is 2.28. The zero-order chi connectivity index (χ0) is 24.5. The molecule has 1 atom stereocenters. The molecule has 2 saturated heterocycles. The molecule has 10 heteroatoms. The van der Waals surface area contributed by atoms with Gasteiger partial charge in [-0.3, -0.25) is 19.3 Å². The lowest BCUT2D eigenvalue weighted by Crippen LogP contribution is -2.58. The van der Waals surface area contributed by atoms with Crippen molar-refractivity contribution in [2.24, 2.45) is 5.92 Å². The van der Waals surface area contributed by atoms with Crippen molar-refractivity contribution in [2.45, 2.75) is 52.0 Å². The van der Waals surface area contributed by atoms with Gasteiger partial charge < -0.3 is 4.90 Å². The number of amides is 3. The smallest absolute Gasteiger partial charge is 0.282 e. The number of rotatable bonds is 6. The number of benzene rings is 1. The number of nitrogens with zero attached hydrogens (tertiary/aromatic N) is 4. The van der Waals surface area contributed by atoms with Crippen LogP contribution in [0.15, 0.2) is 24.3 Å². The van der Waals surface area contributed by atoms with Crippen LogP contribution in [0, 0.1) is 5.92 Å². The summed E-state index contributed by atoms with van der Waals surface area (Å²) in [7, 11) is -3.56. The molecule has 0 bridgehead atoms. The Kier molecular flexibility index (Phi) is 7.39. The van der Waals surface area contributed by atoms with E-state index in [0.717, 1.165) is 30.6 Å². The molecule has 34 heavy (non-hydrogen) atoms.